The zero-order chi connectivity index (χ0) is 16.0. The fourth-order valence-corrected chi connectivity index (χ4v) is 3.56. The second-order valence-electron chi connectivity index (χ2n) is 5.64. The molecule has 0 aliphatic carbocycles. The van der Waals surface area contributed by atoms with Crippen molar-refractivity contribution in [1.29, 1.82) is 0 Å². The van der Waals surface area contributed by atoms with Crippen molar-refractivity contribution in [2.45, 2.75) is 38.3 Å². The van der Waals surface area contributed by atoms with Crippen LogP contribution in [0, 0.1) is 0 Å². The molecule has 22 heavy (non-hydrogen) atoms. The quantitative estimate of drug-likeness (QED) is 0.739. The molecule has 0 saturated carbocycles. The Kier molecular flexibility index (Phi) is 5.96. The van der Waals surface area contributed by atoms with E-state index in [0.29, 0.717) is 12.0 Å². The van der Waals surface area contributed by atoms with E-state index in [9.17, 15) is 14.4 Å². The van der Waals surface area contributed by atoms with Gasteiger partial charge in [0.25, 0.3) is 0 Å². The highest BCUT2D eigenvalue weighted by Crippen LogP contribution is 2.53. The van der Waals surface area contributed by atoms with Crippen LogP contribution in [-0.2, 0) is 17.4 Å². The first-order chi connectivity index (χ1) is 10.5. The van der Waals surface area contributed by atoms with Gasteiger partial charge in [0.1, 0.15) is 0 Å². The zero-order valence-electron chi connectivity index (χ0n) is 12.9. The Balaban J connectivity index is 2.16. The predicted molar refractivity (Wildman–Crippen MR) is 90.0 cm³/mol. The van der Waals surface area contributed by atoms with Gasteiger partial charge in [-0.2, -0.15) is 0 Å². The highest BCUT2D eigenvalue weighted by molar-refractivity contribution is 7.52. The van der Waals surface area contributed by atoms with Crippen LogP contribution in [-0.4, -0.2) is 9.79 Å². The fraction of sp³-hybridized carbons (Fsp3) is 0.333. The van der Waals surface area contributed by atoms with Gasteiger partial charge in [0.2, 0.25) is 0 Å². The molecule has 0 aromatic heterocycles. The minimum absolute atomic E-state index is 0.350. The summed E-state index contributed by atoms with van der Waals surface area (Å²) in [4.78, 5) is 19.3. The van der Waals surface area contributed by atoms with Gasteiger partial charge in [-0.1, -0.05) is 67.9 Å². The monoisotopic (exact) mass is 318 g/mol. The van der Waals surface area contributed by atoms with E-state index in [-0.39, 0.29) is 0 Å². The standard InChI is InChI=1S/C18H23O3P/c1-2-3-7-15-10-12-16(13-11-15)14-18(22(19,20)21)17-8-5-4-6-9-17/h4-6,8-13,18H,2-3,7,14H2,1H3,(H2,19,20,21). The number of benzene rings is 2. The van der Waals surface area contributed by atoms with Gasteiger partial charge in [-0.05, 0) is 36.0 Å². The second-order valence-corrected chi connectivity index (χ2v) is 7.44. The maximum Gasteiger partial charge on any atom is 0.333 e. The highest BCUT2D eigenvalue weighted by atomic mass is 31.2. The molecular formula is C18H23O3P. The molecule has 0 aliphatic heterocycles. The molecule has 0 aliphatic rings. The lowest BCUT2D eigenvalue weighted by Gasteiger charge is -2.19. The molecule has 0 amide bonds. The Hall–Kier alpha value is -1.41. The third-order valence-electron chi connectivity index (χ3n) is 3.86. The third-order valence-corrected chi connectivity index (χ3v) is 5.15. The Morgan fingerprint density at radius 2 is 1.55 bits per heavy atom. The summed E-state index contributed by atoms with van der Waals surface area (Å²) in [5, 5.41) is 0. The second kappa shape index (κ2) is 7.73. The van der Waals surface area contributed by atoms with Crippen LogP contribution in [0.1, 0.15) is 42.1 Å². The normalized spacial score (nSPS) is 13.0. The SMILES string of the molecule is CCCCc1ccc(CC(c2ccccc2)P(=O)(O)O)cc1. The molecule has 0 spiro atoms. The zero-order valence-corrected chi connectivity index (χ0v) is 13.7. The van der Waals surface area contributed by atoms with E-state index in [2.05, 4.69) is 19.1 Å². The van der Waals surface area contributed by atoms with Crippen molar-refractivity contribution in [2.24, 2.45) is 0 Å². The smallest absolute Gasteiger partial charge is 0.324 e. The van der Waals surface area contributed by atoms with Crippen molar-refractivity contribution in [3.63, 3.8) is 0 Å². The van der Waals surface area contributed by atoms with Crippen molar-refractivity contribution in [2.75, 3.05) is 0 Å². The van der Waals surface area contributed by atoms with Crippen molar-refractivity contribution in [1.82, 2.24) is 0 Å². The van der Waals surface area contributed by atoms with E-state index in [1.165, 1.54) is 5.56 Å². The van der Waals surface area contributed by atoms with Gasteiger partial charge in [-0.25, -0.2) is 0 Å². The van der Waals surface area contributed by atoms with Crippen LogP contribution in [0.2, 0.25) is 0 Å². The molecule has 1 unspecified atom stereocenters. The molecule has 1 atom stereocenters. The summed E-state index contributed by atoms with van der Waals surface area (Å²) in [5.41, 5.74) is 2.14. The van der Waals surface area contributed by atoms with Crippen molar-refractivity contribution < 1.29 is 14.4 Å². The summed E-state index contributed by atoms with van der Waals surface area (Å²) < 4.78 is 11.8. The summed E-state index contributed by atoms with van der Waals surface area (Å²) in [7, 11) is -4.19. The van der Waals surface area contributed by atoms with E-state index in [1.54, 1.807) is 12.1 Å². The van der Waals surface area contributed by atoms with Crippen LogP contribution in [0.5, 0.6) is 0 Å². The maximum absolute atomic E-state index is 11.8. The van der Waals surface area contributed by atoms with Gasteiger partial charge < -0.3 is 9.79 Å². The molecule has 2 N–H and O–H groups in total. The molecule has 4 heteroatoms. The molecular weight excluding hydrogens is 295 g/mol. The Morgan fingerprint density at radius 3 is 2.09 bits per heavy atom. The van der Waals surface area contributed by atoms with E-state index in [0.717, 1.165) is 24.8 Å². The lowest BCUT2D eigenvalue weighted by atomic mass is 10.0. The van der Waals surface area contributed by atoms with Gasteiger partial charge in [0, 0.05) is 0 Å². The number of hydrogen-bond acceptors (Lipinski definition) is 1. The first-order valence-corrected chi connectivity index (χ1v) is 9.37. The lowest BCUT2D eigenvalue weighted by molar-refractivity contribution is 0.358. The number of unbranched alkanes of at least 4 members (excludes halogenated alkanes) is 1. The molecule has 2 aromatic rings. The van der Waals surface area contributed by atoms with E-state index < -0.39 is 13.3 Å². The number of aryl methyl sites for hydroxylation is 1. The summed E-state index contributed by atoms with van der Waals surface area (Å²) in [6, 6.07) is 17.1. The molecule has 2 aromatic carbocycles. The average Bonchev–Trinajstić information content (AvgIpc) is 2.51. The van der Waals surface area contributed by atoms with Gasteiger partial charge in [-0.3, -0.25) is 4.57 Å². The van der Waals surface area contributed by atoms with Gasteiger partial charge in [0.05, 0.1) is 5.66 Å². The predicted octanol–water partition coefficient (Wildman–Crippen LogP) is 4.49. The fourth-order valence-electron chi connectivity index (χ4n) is 2.55. The Labute approximate surface area is 132 Å². The summed E-state index contributed by atoms with van der Waals surface area (Å²) in [6.45, 7) is 2.17. The Bertz CT molecular complexity index is 617. The van der Waals surface area contributed by atoms with Crippen LogP contribution < -0.4 is 0 Å². The maximum atomic E-state index is 11.8. The molecule has 3 nitrogen and oxygen atoms in total. The molecule has 0 bridgehead atoms. The molecule has 0 saturated heterocycles. The molecule has 118 valence electrons. The minimum atomic E-state index is -4.19. The van der Waals surface area contributed by atoms with E-state index in [1.807, 2.05) is 30.3 Å². The van der Waals surface area contributed by atoms with Gasteiger partial charge in [0.15, 0.2) is 0 Å². The van der Waals surface area contributed by atoms with Crippen molar-refractivity contribution >= 4 is 7.60 Å². The van der Waals surface area contributed by atoms with Crippen LogP contribution >= 0.6 is 7.60 Å². The van der Waals surface area contributed by atoms with E-state index >= 15 is 0 Å². The van der Waals surface area contributed by atoms with Crippen LogP contribution in [0.25, 0.3) is 0 Å². The highest BCUT2D eigenvalue weighted by Gasteiger charge is 2.30. The van der Waals surface area contributed by atoms with Crippen LogP contribution in [0.3, 0.4) is 0 Å². The van der Waals surface area contributed by atoms with Crippen LogP contribution in [0.15, 0.2) is 54.6 Å². The molecule has 0 radical (unpaired) electrons. The van der Waals surface area contributed by atoms with Crippen LogP contribution in [0.4, 0.5) is 0 Å². The largest absolute Gasteiger partial charge is 0.333 e. The molecule has 2 rings (SSSR count). The van der Waals surface area contributed by atoms with Crippen molar-refractivity contribution in [3.8, 4) is 0 Å². The average molecular weight is 318 g/mol. The van der Waals surface area contributed by atoms with Gasteiger partial charge in [-0.15, -0.1) is 0 Å². The summed E-state index contributed by atoms with van der Waals surface area (Å²) in [5.74, 6) is 0. The first kappa shape index (κ1) is 17.0. The first-order valence-electron chi connectivity index (χ1n) is 7.68. The third kappa shape index (κ3) is 4.81. The van der Waals surface area contributed by atoms with Gasteiger partial charge >= 0.3 is 7.60 Å². The van der Waals surface area contributed by atoms with Crippen molar-refractivity contribution in [3.05, 3.63) is 71.3 Å². The number of hydrogen-bond donors (Lipinski definition) is 2. The van der Waals surface area contributed by atoms with E-state index in [4.69, 9.17) is 0 Å². The topological polar surface area (TPSA) is 57.5 Å². The number of rotatable bonds is 7. The molecule has 0 heterocycles. The lowest BCUT2D eigenvalue weighted by Crippen LogP contribution is -2.04. The minimum Gasteiger partial charge on any atom is -0.324 e. The summed E-state index contributed by atoms with van der Waals surface area (Å²) >= 11 is 0. The Morgan fingerprint density at radius 1 is 0.955 bits per heavy atom. The molecule has 0 fully saturated rings. The summed E-state index contributed by atoms with van der Waals surface area (Å²) in [6.07, 6.45) is 3.73.